The van der Waals surface area contributed by atoms with Crippen LogP contribution in [0, 0.1) is 0 Å². The van der Waals surface area contributed by atoms with Crippen LogP contribution in [0.2, 0.25) is 0 Å². The molecule has 43 heavy (non-hydrogen) atoms. The fourth-order valence-corrected chi connectivity index (χ4v) is 7.93. The Morgan fingerprint density at radius 3 is 2.26 bits per heavy atom. The maximum absolute atomic E-state index is 5.39. The molecule has 4 heteroatoms. The predicted molar refractivity (Wildman–Crippen MR) is 183 cm³/mol. The highest BCUT2D eigenvalue weighted by Gasteiger charge is 2.27. The Balaban J connectivity index is 1.26. The van der Waals surface area contributed by atoms with Crippen LogP contribution in [0.15, 0.2) is 145 Å². The lowest BCUT2D eigenvalue weighted by atomic mass is 9.96. The van der Waals surface area contributed by atoms with E-state index in [9.17, 15) is 0 Å². The molecule has 0 spiro atoms. The van der Waals surface area contributed by atoms with Crippen molar-refractivity contribution in [1.29, 1.82) is 0 Å². The number of thiophene rings is 1. The van der Waals surface area contributed by atoms with E-state index in [1.807, 2.05) is 11.3 Å². The van der Waals surface area contributed by atoms with Gasteiger partial charge in [0.1, 0.15) is 6.17 Å². The summed E-state index contributed by atoms with van der Waals surface area (Å²) in [6.07, 6.45) is -0.148. The summed E-state index contributed by atoms with van der Waals surface area (Å²) in [5.41, 5.74) is 9.28. The van der Waals surface area contributed by atoms with Crippen molar-refractivity contribution < 1.29 is 0 Å². The molecular formula is C39H27N3S. The van der Waals surface area contributed by atoms with Crippen LogP contribution >= 0.6 is 11.3 Å². The second-order valence-electron chi connectivity index (χ2n) is 11.3. The van der Waals surface area contributed by atoms with Crippen LogP contribution in [-0.4, -0.2) is 17.3 Å². The molecule has 0 aliphatic carbocycles. The third kappa shape index (κ3) is 3.70. The van der Waals surface area contributed by atoms with Crippen LogP contribution in [0.25, 0.3) is 47.7 Å². The number of hydrogen-bond acceptors (Lipinski definition) is 3. The Kier molecular flexibility index (Phi) is 5.34. The predicted octanol–water partition coefficient (Wildman–Crippen LogP) is 10.1. The van der Waals surface area contributed by atoms with Crippen molar-refractivity contribution in [3.8, 4) is 5.69 Å². The van der Waals surface area contributed by atoms with Crippen LogP contribution in [-0.2, 0) is 0 Å². The van der Waals surface area contributed by atoms with Crippen molar-refractivity contribution in [2.45, 2.75) is 6.17 Å². The van der Waals surface area contributed by atoms with Crippen LogP contribution < -0.4 is 4.90 Å². The Morgan fingerprint density at radius 2 is 1.35 bits per heavy atom. The van der Waals surface area contributed by atoms with Gasteiger partial charge in [0, 0.05) is 60.5 Å². The number of nitrogens with zero attached hydrogens (tertiary/aromatic N) is 3. The van der Waals surface area contributed by atoms with Crippen LogP contribution in [0.5, 0.6) is 0 Å². The summed E-state index contributed by atoms with van der Waals surface area (Å²) in [6.45, 7) is 0. The summed E-state index contributed by atoms with van der Waals surface area (Å²) < 4.78 is 5.09. The van der Waals surface area contributed by atoms with Crippen molar-refractivity contribution in [1.82, 2.24) is 4.57 Å². The molecule has 0 amide bonds. The highest BCUT2D eigenvalue weighted by molar-refractivity contribution is 7.25. The molecule has 0 radical (unpaired) electrons. The van der Waals surface area contributed by atoms with Crippen molar-refractivity contribution >= 4 is 64.7 Å². The van der Waals surface area contributed by atoms with Crippen LogP contribution in [0.4, 0.5) is 5.69 Å². The minimum absolute atomic E-state index is 0.148. The van der Waals surface area contributed by atoms with Crippen molar-refractivity contribution in [3.05, 3.63) is 156 Å². The second kappa shape index (κ2) is 9.41. The molecule has 1 aliphatic heterocycles. The SMILES string of the molecule is CN1c2ccccc2C(c2ccccc2)=NC1c1cccc(-n2c3ccccc3c3cc4sc5ccccc5c4cc32)c1. The highest BCUT2D eigenvalue weighted by Crippen LogP contribution is 2.41. The monoisotopic (exact) mass is 569 g/mol. The van der Waals surface area contributed by atoms with Gasteiger partial charge in [-0.15, -0.1) is 11.3 Å². The van der Waals surface area contributed by atoms with Gasteiger partial charge in [0.15, 0.2) is 0 Å². The molecular weight excluding hydrogens is 543 g/mol. The molecule has 0 N–H and O–H groups in total. The zero-order valence-corrected chi connectivity index (χ0v) is 24.4. The first kappa shape index (κ1) is 24.4. The first-order valence-corrected chi connectivity index (χ1v) is 15.5. The number of aromatic nitrogens is 1. The van der Waals surface area contributed by atoms with Crippen molar-refractivity contribution in [2.24, 2.45) is 4.99 Å². The molecule has 6 aromatic carbocycles. The van der Waals surface area contributed by atoms with E-state index in [0.29, 0.717) is 0 Å². The van der Waals surface area contributed by atoms with Gasteiger partial charge in [-0.25, -0.2) is 0 Å². The quantitative estimate of drug-likeness (QED) is 0.207. The molecule has 0 saturated carbocycles. The average Bonchev–Trinajstić information content (AvgIpc) is 3.59. The van der Waals surface area contributed by atoms with Crippen LogP contribution in [0.1, 0.15) is 22.9 Å². The van der Waals surface area contributed by atoms with Gasteiger partial charge in [-0.2, -0.15) is 0 Å². The number of hydrogen-bond donors (Lipinski definition) is 0. The largest absolute Gasteiger partial charge is 0.349 e. The van der Waals surface area contributed by atoms with Gasteiger partial charge in [0.25, 0.3) is 0 Å². The summed E-state index contributed by atoms with van der Waals surface area (Å²) in [5.74, 6) is 0. The van der Waals surface area contributed by atoms with E-state index in [2.05, 4.69) is 156 Å². The molecule has 0 fully saturated rings. The Bertz CT molecular complexity index is 2380. The van der Waals surface area contributed by atoms with Gasteiger partial charge in [-0.05, 0) is 48.0 Å². The number of benzene rings is 6. The van der Waals surface area contributed by atoms with Gasteiger partial charge in [0.2, 0.25) is 0 Å². The molecule has 0 bridgehead atoms. The number of fused-ring (bicyclic) bond motifs is 7. The van der Waals surface area contributed by atoms with E-state index < -0.39 is 0 Å². The first-order chi connectivity index (χ1) is 21.2. The Labute approximate surface area is 253 Å². The lowest BCUT2D eigenvalue weighted by Crippen LogP contribution is -2.30. The fourth-order valence-electron chi connectivity index (χ4n) is 6.81. The van der Waals surface area contributed by atoms with Gasteiger partial charge in [-0.3, -0.25) is 4.99 Å². The molecule has 9 rings (SSSR count). The lowest BCUT2D eigenvalue weighted by molar-refractivity contribution is 0.698. The smallest absolute Gasteiger partial charge is 0.147 e. The summed E-state index contributed by atoms with van der Waals surface area (Å²) in [7, 11) is 2.15. The Morgan fingerprint density at radius 1 is 0.581 bits per heavy atom. The van der Waals surface area contributed by atoms with Crippen LogP contribution in [0.3, 0.4) is 0 Å². The molecule has 1 atom stereocenters. The number of rotatable bonds is 3. The topological polar surface area (TPSA) is 20.5 Å². The van der Waals surface area contributed by atoms with E-state index in [4.69, 9.17) is 4.99 Å². The standard InChI is InChI=1S/C39H27N3S/c1-41-33-19-8-6-18-30(33)38(25-12-3-2-4-13-25)40-39(41)26-14-11-15-27(22-26)42-34-20-9-5-16-28(34)31-24-37-32(23-35(31)42)29-17-7-10-21-36(29)43-37/h2-24,39H,1H3. The van der Waals surface area contributed by atoms with Gasteiger partial charge in [-0.1, -0.05) is 97.1 Å². The fraction of sp³-hybridized carbons (Fsp3) is 0.0513. The Hall–Kier alpha value is -5.19. The van der Waals surface area contributed by atoms with E-state index >= 15 is 0 Å². The molecule has 2 aromatic heterocycles. The summed E-state index contributed by atoms with van der Waals surface area (Å²) in [4.78, 5) is 7.69. The average molecular weight is 570 g/mol. The molecule has 1 unspecified atom stereocenters. The minimum Gasteiger partial charge on any atom is -0.349 e. The van der Waals surface area contributed by atoms with Gasteiger partial charge in [0.05, 0.1) is 16.7 Å². The third-order valence-corrected chi connectivity index (χ3v) is 9.94. The normalized spacial score (nSPS) is 15.0. The molecule has 8 aromatic rings. The number of aliphatic imine (C=N–C) groups is 1. The number of para-hydroxylation sites is 2. The first-order valence-electron chi connectivity index (χ1n) is 14.6. The minimum atomic E-state index is -0.148. The maximum atomic E-state index is 5.39. The molecule has 204 valence electrons. The molecule has 3 heterocycles. The molecule has 3 nitrogen and oxygen atoms in total. The van der Waals surface area contributed by atoms with Crippen molar-refractivity contribution in [3.63, 3.8) is 0 Å². The van der Waals surface area contributed by atoms with E-state index in [1.54, 1.807) is 0 Å². The molecule has 0 saturated heterocycles. The molecule has 1 aliphatic rings. The summed E-state index contributed by atoms with van der Waals surface area (Å²) in [5, 5.41) is 5.19. The van der Waals surface area contributed by atoms with Crippen molar-refractivity contribution in [2.75, 3.05) is 11.9 Å². The van der Waals surface area contributed by atoms with E-state index in [-0.39, 0.29) is 6.17 Å². The highest BCUT2D eigenvalue weighted by atomic mass is 32.1. The second-order valence-corrected chi connectivity index (χ2v) is 12.3. The third-order valence-electron chi connectivity index (χ3n) is 8.80. The maximum Gasteiger partial charge on any atom is 0.147 e. The summed E-state index contributed by atoms with van der Waals surface area (Å²) in [6, 6.07) is 50.4. The lowest BCUT2D eigenvalue weighted by Gasteiger charge is -2.34. The van der Waals surface area contributed by atoms with E-state index in [1.165, 1.54) is 47.7 Å². The summed E-state index contributed by atoms with van der Waals surface area (Å²) >= 11 is 1.87. The number of anilines is 1. The van der Waals surface area contributed by atoms with E-state index in [0.717, 1.165) is 28.1 Å². The van der Waals surface area contributed by atoms with Gasteiger partial charge >= 0.3 is 0 Å². The zero-order valence-electron chi connectivity index (χ0n) is 23.6. The zero-order chi connectivity index (χ0) is 28.5. The van der Waals surface area contributed by atoms with Gasteiger partial charge < -0.3 is 9.47 Å².